The second kappa shape index (κ2) is 16.1. The van der Waals surface area contributed by atoms with Crippen molar-refractivity contribution in [3.05, 3.63) is 0 Å². The third-order valence-electron chi connectivity index (χ3n) is 0.794. The van der Waals surface area contributed by atoms with Crippen molar-refractivity contribution >= 4 is 11.9 Å². The number of aliphatic hydroxyl groups excluding tert-OH is 2. The van der Waals surface area contributed by atoms with Gasteiger partial charge in [-0.2, -0.15) is 0 Å². The minimum absolute atomic E-state index is 0. The van der Waals surface area contributed by atoms with E-state index in [9.17, 15) is 14.7 Å². The summed E-state index contributed by atoms with van der Waals surface area (Å²) in [5.74, 6) is -3.83. The van der Waals surface area contributed by atoms with Crippen molar-refractivity contribution in [2.45, 2.75) is 12.2 Å². The van der Waals surface area contributed by atoms with Crippen LogP contribution in [-0.4, -0.2) is 61.4 Å². The molecule has 0 aromatic rings. The van der Waals surface area contributed by atoms with Crippen molar-refractivity contribution in [2.75, 3.05) is 0 Å². The maximum absolute atomic E-state index is 9.74. The molecular weight excluding hydrogens is 231 g/mol. The Morgan fingerprint density at radius 3 is 1.27 bits per heavy atom. The van der Waals surface area contributed by atoms with Crippen LogP contribution in [0, 0.1) is 0 Å². The van der Waals surface area contributed by atoms with Gasteiger partial charge in [0, 0.05) is 0 Å². The second-order valence-corrected chi connectivity index (χ2v) is 1.55. The summed E-state index contributed by atoms with van der Waals surface area (Å²) in [7, 11) is 0. The van der Waals surface area contributed by atoms with Crippen LogP contribution in [0.2, 0.25) is 0 Å². The van der Waals surface area contributed by atoms with Gasteiger partial charge in [-0.15, -0.1) is 0 Å². The molecule has 0 aromatic carbocycles. The summed E-state index contributed by atoms with van der Waals surface area (Å²) < 4.78 is 0. The molecule has 0 heterocycles. The van der Waals surface area contributed by atoms with Crippen LogP contribution in [0.5, 0.6) is 0 Å². The van der Waals surface area contributed by atoms with Crippen molar-refractivity contribution < 1.29 is 81.5 Å². The monoisotopic (exact) mass is 244 g/mol. The fourth-order valence-electron chi connectivity index (χ4n) is 0.264. The van der Waals surface area contributed by atoms with Gasteiger partial charge in [0.25, 0.3) is 0 Å². The molecule has 0 saturated heterocycles. The van der Waals surface area contributed by atoms with Gasteiger partial charge in [0.15, 0.2) is 6.10 Å². The Kier molecular flexibility index (Phi) is 39.2. The summed E-state index contributed by atoms with van der Waals surface area (Å²) in [5.41, 5.74) is 0. The van der Waals surface area contributed by atoms with Gasteiger partial charge >= 0.3 is 35.5 Å². The molecule has 0 radical (unpaired) electrons. The van der Waals surface area contributed by atoms with Gasteiger partial charge in [-0.3, -0.25) is 0 Å². The van der Waals surface area contributed by atoms with Crippen molar-refractivity contribution in [3.63, 3.8) is 0 Å². The number of aliphatic carboxylic acids is 2. The molecule has 0 aliphatic carbocycles. The minimum Gasteiger partial charge on any atom is -0.547 e. The Morgan fingerprint density at radius 2 is 1.20 bits per heavy atom. The number of carboxylic acids is 2. The smallest absolute Gasteiger partial charge is 0.547 e. The van der Waals surface area contributed by atoms with E-state index >= 15 is 0 Å². The average Bonchev–Trinajstić information content (AvgIpc) is 1.84. The van der Waals surface area contributed by atoms with Crippen LogP contribution in [-0.2, 0) is 9.59 Å². The van der Waals surface area contributed by atoms with Gasteiger partial charge in [-0.05, 0) is 0 Å². The first-order valence-corrected chi connectivity index (χ1v) is 2.26. The van der Waals surface area contributed by atoms with E-state index in [1.807, 2.05) is 0 Å². The van der Waals surface area contributed by atoms with E-state index in [0.29, 0.717) is 0 Å². The average molecular weight is 244 g/mol. The van der Waals surface area contributed by atoms with E-state index in [1.54, 1.807) is 0 Å². The zero-order chi connectivity index (χ0) is 8.31. The summed E-state index contributed by atoms with van der Waals surface area (Å²) in [6, 6.07) is 0. The van der Waals surface area contributed by atoms with Crippen LogP contribution >= 0.6 is 0 Å². The van der Waals surface area contributed by atoms with Crippen molar-refractivity contribution in [2.24, 2.45) is 0 Å². The molecule has 0 aromatic heterocycles. The number of aliphatic hydroxyl groups is 2. The summed E-state index contributed by atoms with van der Waals surface area (Å²) in [4.78, 5) is 19.4. The Balaban J connectivity index is -0.0000000405. The Labute approximate surface area is 106 Å². The molecule has 10 nitrogen and oxygen atoms in total. The topological polar surface area (TPSA) is 244 Å². The predicted molar refractivity (Wildman–Crippen MR) is 39.1 cm³/mol. The molecule has 0 fully saturated rings. The first-order valence-electron chi connectivity index (χ1n) is 2.26. The number of carbonyl (C=O) groups excluding carboxylic acids is 1. The van der Waals surface area contributed by atoms with Crippen LogP contribution < -0.4 is 34.7 Å². The normalized spacial score (nSPS) is 10.5. The largest absolute Gasteiger partial charge is 1.00 e. The van der Waals surface area contributed by atoms with Crippen LogP contribution in [0.1, 0.15) is 0 Å². The van der Waals surface area contributed by atoms with Gasteiger partial charge in [-0.1, -0.05) is 0 Å². The molecule has 0 saturated carbocycles. The van der Waals surface area contributed by atoms with E-state index in [-0.39, 0.29) is 51.5 Å². The molecule has 15 heavy (non-hydrogen) atoms. The molecule has 0 spiro atoms. The van der Waals surface area contributed by atoms with E-state index < -0.39 is 24.1 Å². The van der Waals surface area contributed by atoms with Gasteiger partial charge in [0.2, 0.25) is 0 Å². The first kappa shape index (κ1) is 36.5. The summed E-state index contributed by atoms with van der Waals surface area (Å²) in [6.45, 7) is 0. The van der Waals surface area contributed by atoms with Crippen molar-refractivity contribution in [3.8, 4) is 0 Å². The quantitative estimate of drug-likeness (QED) is 0.406. The molecule has 0 bridgehead atoms. The predicted octanol–water partition coefficient (Wildman–Crippen LogP) is -9.75. The molecule has 0 rings (SSSR count). The second-order valence-electron chi connectivity index (χ2n) is 1.55. The first-order chi connectivity index (χ1) is 4.46. The third-order valence-corrected chi connectivity index (χ3v) is 0.794. The van der Waals surface area contributed by atoms with Crippen molar-refractivity contribution in [1.82, 2.24) is 0 Å². The van der Waals surface area contributed by atoms with E-state index in [2.05, 4.69) is 0 Å². The minimum atomic E-state index is -2.38. The standard InChI is InChI=1S/C4H6O6.Na.4H2O/c5-1(3(7)8)2(6)4(9)10;;;;;/h1-2,5-6H,(H,7,8)(H,9,10);;4*1H2/q;+1;;;;/p-1. The van der Waals surface area contributed by atoms with Crippen molar-refractivity contribution in [1.29, 1.82) is 0 Å². The zero-order valence-electron chi connectivity index (χ0n) is 7.72. The third kappa shape index (κ3) is 13.7. The summed E-state index contributed by atoms with van der Waals surface area (Å²) in [6.07, 6.45) is -4.71. The van der Waals surface area contributed by atoms with Gasteiger partial charge in [0.05, 0.1) is 5.97 Å². The van der Waals surface area contributed by atoms with Crippen LogP contribution in [0.25, 0.3) is 0 Å². The Bertz CT molecular complexity index is 142. The summed E-state index contributed by atoms with van der Waals surface area (Å²) >= 11 is 0. The Morgan fingerprint density at radius 1 is 0.933 bits per heavy atom. The van der Waals surface area contributed by atoms with Gasteiger partial charge in [0.1, 0.15) is 6.10 Å². The molecule has 90 valence electrons. The molecule has 11 heteroatoms. The van der Waals surface area contributed by atoms with Crippen LogP contribution in [0.3, 0.4) is 0 Å². The number of carbonyl (C=O) groups is 2. The Hall–Kier alpha value is -0.300. The van der Waals surface area contributed by atoms with E-state index in [4.69, 9.17) is 15.3 Å². The molecule has 2 unspecified atom stereocenters. The molecule has 2 atom stereocenters. The van der Waals surface area contributed by atoms with Crippen LogP contribution in [0.15, 0.2) is 0 Å². The molecular formula is C4H13NaO10. The number of carboxylic acid groups (broad SMARTS) is 2. The number of hydrogen-bond acceptors (Lipinski definition) is 5. The van der Waals surface area contributed by atoms with E-state index in [0.717, 1.165) is 0 Å². The van der Waals surface area contributed by atoms with Crippen LogP contribution in [0.4, 0.5) is 0 Å². The maximum Gasteiger partial charge on any atom is 1.00 e. The van der Waals surface area contributed by atoms with E-state index in [1.165, 1.54) is 0 Å². The fraction of sp³-hybridized carbons (Fsp3) is 0.500. The molecule has 0 amide bonds. The fourth-order valence-corrected chi connectivity index (χ4v) is 0.264. The number of rotatable bonds is 3. The molecule has 11 N–H and O–H groups in total. The van der Waals surface area contributed by atoms with Gasteiger partial charge in [-0.25, -0.2) is 4.79 Å². The SMILES string of the molecule is O.O.O.O.O=C([O-])C(O)C(O)C(=O)O.[Na+]. The zero-order valence-corrected chi connectivity index (χ0v) is 9.72. The van der Waals surface area contributed by atoms with Gasteiger partial charge < -0.3 is 47.1 Å². The molecule has 0 aliphatic heterocycles. The maximum atomic E-state index is 9.74. The summed E-state index contributed by atoms with van der Waals surface area (Å²) in [5, 5.41) is 34.1. The molecule has 0 aliphatic rings. The number of hydrogen-bond donors (Lipinski definition) is 3.